The van der Waals surface area contributed by atoms with Gasteiger partial charge >= 0.3 is 12.1 Å². The lowest BCUT2D eigenvalue weighted by atomic mass is 10.1. The molecule has 0 saturated heterocycles. The molecule has 0 aliphatic rings. The van der Waals surface area contributed by atoms with Gasteiger partial charge < -0.3 is 10.1 Å². The molecule has 0 saturated carbocycles. The van der Waals surface area contributed by atoms with Gasteiger partial charge in [0.25, 0.3) is 5.91 Å². The number of halogens is 3. The molecule has 2 rings (SSSR count). The molecule has 10 heteroatoms. The first-order chi connectivity index (χ1) is 11.6. The zero-order chi connectivity index (χ0) is 18.9. The average molecular weight is 375 g/mol. The number of rotatable bonds is 4. The molecule has 2 aromatic rings. The number of carbonyl (C=O) groups is 2. The second kappa shape index (κ2) is 6.87. The highest BCUT2D eigenvalue weighted by Crippen LogP contribution is 2.34. The Morgan fingerprint density at radius 1 is 1.36 bits per heavy atom. The number of nitrogens with zero attached hydrogens (tertiary/aromatic N) is 2. The fourth-order valence-corrected chi connectivity index (χ4v) is 3.19. The first kappa shape index (κ1) is 19.0. The third-order valence-corrected chi connectivity index (χ3v) is 4.62. The maximum Gasteiger partial charge on any atom is 0.435 e. The van der Waals surface area contributed by atoms with E-state index in [1.165, 1.54) is 7.05 Å². The second-order valence-corrected chi connectivity index (χ2v) is 6.42. The second-order valence-electron chi connectivity index (χ2n) is 5.20. The molecule has 0 unspecified atom stereocenters. The topological polar surface area (TPSA) is 73.2 Å². The highest BCUT2D eigenvalue weighted by molar-refractivity contribution is 7.16. The molecule has 0 atom stereocenters. The highest BCUT2D eigenvalue weighted by atomic mass is 32.1. The zero-order valence-corrected chi connectivity index (χ0v) is 14.8. The molecule has 136 valence electrons. The molecule has 1 amide bonds. The van der Waals surface area contributed by atoms with Gasteiger partial charge in [-0.2, -0.15) is 18.3 Å². The highest BCUT2D eigenvalue weighted by Gasteiger charge is 2.35. The molecule has 0 bridgehead atoms. The van der Waals surface area contributed by atoms with Gasteiger partial charge in [0.05, 0.1) is 12.2 Å². The Bertz CT molecular complexity index is 824. The molecule has 1 N–H and O–H groups in total. The number of aryl methyl sites for hydroxylation is 2. The monoisotopic (exact) mass is 375 g/mol. The quantitative estimate of drug-likeness (QED) is 0.830. The van der Waals surface area contributed by atoms with E-state index in [0.717, 1.165) is 20.9 Å². The van der Waals surface area contributed by atoms with E-state index < -0.39 is 23.7 Å². The maximum absolute atomic E-state index is 12.7. The van der Waals surface area contributed by atoms with E-state index in [1.807, 2.05) is 0 Å². The van der Waals surface area contributed by atoms with Gasteiger partial charge in [-0.3, -0.25) is 9.48 Å². The number of hydrogen-bond donors (Lipinski definition) is 1. The fraction of sp³-hybridized carbons (Fsp3) is 0.400. The van der Waals surface area contributed by atoms with Crippen LogP contribution in [0.5, 0.6) is 0 Å². The average Bonchev–Trinajstić information content (AvgIpc) is 3.00. The molecular formula is C15H16F3N3O3S. The minimum absolute atomic E-state index is 0.164. The SMILES string of the molecule is CCOC(=O)c1c(NC(=O)c2cc(C(F)(F)F)nn2C)sc(C)c1C. The van der Waals surface area contributed by atoms with Gasteiger partial charge in [0, 0.05) is 18.0 Å². The summed E-state index contributed by atoms with van der Waals surface area (Å²) < 4.78 is 44.0. The third-order valence-electron chi connectivity index (χ3n) is 3.49. The molecule has 0 aliphatic heterocycles. The van der Waals surface area contributed by atoms with Crippen molar-refractivity contribution in [2.24, 2.45) is 7.05 Å². The summed E-state index contributed by atoms with van der Waals surface area (Å²) in [4.78, 5) is 25.2. The number of aromatic nitrogens is 2. The summed E-state index contributed by atoms with van der Waals surface area (Å²) in [6.07, 6.45) is -4.65. The molecule has 0 spiro atoms. The Hall–Kier alpha value is -2.36. The minimum Gasteiger partial charge on any atom is -0.462 e. The summed E-state index contributed by atoms with van der Waals surface area (Å²) in [6, 6.07) is 0.659. The molecule has 0 aromatic carbocycles. The van der Waals surface area contributed by atoms with Crippen LogP contribution >= 0.6 is 11.3 Å². The van der Waals surface area contributed by atoms with Crippen LogP contribution in [0.2, 0.25) is 0 Å². The Kier molecular flexibility index (Phi) is 5.21. The number of anilines is 1. The maximum atomic E-state index is 12.7. The van der Waals surface area contributed by atoms with Crippen LogP contribution in [0.4, 0.5) is 18.2 Å². The number of thiophene rings is 1. The summed E-state index contributed by atoms with van der Waals surface area (Å²) in [5.74, 6) is -1.39. The molecule has 2 aromatic heterocycles. The lowest BCUT2D eigenvalue weighted by Crippen LogP contribution is -2.17. The molecule has 0 aliphatic carbocycles. The van der Waals surface area contributed by atoms with E-state index in [9.17, 15) is 22.8 Å². The van der Waals surface area contributed by atoms with Crippen LogP contribution in [0, 0.1) is 13.8 Å². The van der Waals surface area contributed by atoms with E-state index in [-0.39, 0.29) is 22.9 Å². The summed E-state index contributed by atoms with van der Waals surface area (Å²) >= 11 is 1.15. The van der Waals surface area contributed by atoms with Crippen molar-refractivity contribution in [2.75, 3.05) is 11.9 Å². The minimum atomic E-state index is -4.65. The van der Waals surface area contributed by atoms with Crippen LogP contribution in [0.25, 0.3) is 0 Å². The lowest BCUT2D eigenvalue weighted by molar-refractivity contribution is -0.141. The van der Waals surface area contributed by atoms with Crippen LogP contribution < -0.4 is 5.32 Å². The Morgan fingerprint density at radius 2 is 2.00 bits per heavy atom. The van der Waals surface area contributed by atoms with Gasteiger partial charge in [-0.25, -0.2) is 4.79 Å². The Morgan fingerprint density at radius 3 is 2.52 bits per heavy atom. The van der Waals surface area contributed by atoms with Gasteiger partial charge in [0.15, 0.2) is 5.69 Å². The Balaban J connectivity index is 2.35. The van der Waals surface area contributed by atoms with E-state index >= 15 is 0 Å². The van der Waals surface area contributed by atoms with Gasteiger partial charge in [-0.15, -0.1) is 11.3 Å². The summed E-state index contributed by atoms with van der Waals surface area (Å²) in [5.41, 5.74) is -0.578. The van der Waals surface area contributed by atoms with Crippen molar-refractivity contribution in [2.45, 2.75) is 26.9 Å². The zero-order valence-electron chi connectivity index (χ0n) is 13.9. The normalized spacial score (nSPS) is 11.5. The van der Waals surface area contributed by atoms with E-state index in [2.05, 4.69) is 10.4 Å². The fourth-order valence-electron chi connectivity index (χ4n) is 2.15. The van der Waals surface area contributed by atoms with Crippen molar-refractivity contribution in [1.29, 1.82) is 0 Å². The molecule has 25 heavy (non-hydrogen) atoms. The lowest BCUT2D eigenvalue weighted by Gasteiger charge is -2.07. The van der Waals surface area contributed by atoms with Crippen LogP contribution in [0.15, 0.2) is 6.07 Å². The van der Waals surface area contributed by atoms with Gasteiger partial charge in [-0.05, 0) is 26.3 Å². The molecule has 6 nitrogen and oxygen atoms in total. The van der Waals surface area contributed by atoms with E-state index in [0.29, 0.717) is 11.6 Å². The predicted octanol–water partition coefficient (Wildman–Crippen LogP) is 3.55. The molecule has 0 fully saturated rings. The number of alkyl halides is 3. The number of ether oxygens (including phenoxy) is 1. The van der Waals surface area contributed by atoms with Crippen LogP contribution in [-0.2, 0) is 18.0 Å². The van der Waals surface area contributed by atoms with Crippen molar-refractivity contribution in [1.82, 2.24) is 9.78 Å². The van der Waals surface area contributed by atoms with E-state index in [4.69, 9.17) is 4.74 Å². The largest absolute Gasteiger partial charge is 0.462 e. The van der Waals surface area contributed by atoms with E-state index in [1.54, 1.807) is 20.8 Å². The molecule has 2 heterocycles. The third kappa shape index (κ3) is 3.84. The first-order valence-corrected chi connectivity index (χ1v) is 8.07. The Labute approximate surface area is 145 Å². The number of nitrogens with one attached hydrogen (secondary N) is 1. The van der Waals surface area contributed by atoms with Crippen molar-refractivity contribution in [3.63, 3.8) is 0 Å². The summed E-state index contributed by atoms with van der Waals surface area (Å²) in [6.45, 7) is 5.29. The van der Waals surface area contributed by atoms with Gasteiger partial charge in [0.2, 0.25) is 0 Å². The molecular weight excluding hydrogens is 359 g/mol. The van der Waals surface area contributed by atoms with Crippen LogP contribution in [0.3, 0.4) is 0 Å². The van der Waals surface area contributed by atoms with Crippen LogP contribution in [-0.4, -0.2) is 28.3 Å². The molecule has 0 radical (unpaired) electrons. The number of hydrogen-bond acceptors (Lipinski definition) is 5. The van der Waals surface area contributed by atoms with Crippen LogP contribution in [0.1, 0.15) is 43.9 Å². The van der Waals surface area contributed by atoms with Crippen molar-refractivity contribution in [3.05, 3.63) is 33.5 Å². The summed E-state index contributed by atoms with van der Waals surface area (Å²) in [5, 5.41) is 6.01. The van der Waals surface area contributed by atoms with Crippen molar-refractivity contribution < 1.29 is 27.5 Å². The smallest absolute Gasteiger partial charge is 0.435 e. The summed E-state index contributed by atoms with van der Waals surface area (Å²) in [7, 11) is 1.24. The number of amides is 1. The first-order valence-electron chi connectivity index (χ1n) is 7.26. The predicted molar refractivity (Wildman–Crippen MR) is 85.9 cm³/mol. The number of esters is 1. The van der Waals surface area contributed by atoms with Gasteiger partial charge in [-0.1, -0.05) is 0 Å². The van der Waals surface area contributed by atoms with Crippen molar-refractivity contribution in [3.8, 4) is 0 Å². The van der Waals surface area contributed by atoms with Crippen molar-refractivity contribution >= 4 is 28.2 Å². The number of carbonyl (C=O) groups excluding carboxylic acids is 2. The van der Waals surface area contributed by atoms with Gasteiger partial charge in [0.1, 0.15) is 10.7 Å². The standard InChI is InChI=1S/C15H16F3N3O3S/c1-5-24-14(23)11-7(2)8(3)25-13(11)19-12(22)9-6-10(15(16,17)18)20-21(9)4/h6H,5H2,1-4H3,(H,19,22).